The van der Waals surface area contributed by atoms with Crippen molar-refractivity contribution < 1.29 is 9.90 Å². The van der Waals surface area contributed by atoms with Crippen LogP contribution in [0.2, 0.25) is 0 Å². The molecule has 0 saturated heterocycles. The number of hydrogen-bond donors (Lipinski definition) is 1. The smallest absolute Gasteiger partial charge is 0.325 e. The molecule has 1 saturated carbocycles. The molecule has 1 aromatic rings. The lowest BCUT2D eigenvalue weighted by Gasteiger charge is -2.01. The maximum absolute atomic E-state index is 10.5. The van der Waals surface area contributed by atoms with Gasteiger partial charge in [0.25, 0.3) is 0 Å². The Morgan fingerprint density at radius 3 is 3.00 bits per heavy atom. The number of aromatic nitrogens is 2. The third-order valence-corrected chi connectivity index (χ3v) is 2.21. The van der Waals surface area contributed by atoms with Gasteiger partial charge in [-0.15, -0.1) is 0 Å². The molecule has 70 valence electrons. The Hall–Kier alpha value is -1.32. The highest BCUT2D eigenvalue weighted by atomic mass is 16.4. The quantitative estimate of drug-likeness (QED) is 0.759. The van der Waals surface area contributed by atoms with Crippen molar-refractivity contribution in [3.05, 3.63) is 17.5 Å². The van der Waals surface area contributed by atoms with Crippen molar-refractivity contribution >= 4 is 5.97 Å². The Labute approximate surface area is 76.2 Å². The molecule has 2 rings (SSSR count). The third kappa shape index (κ3) is 1.71. The second kappa shape index (κ2) is 2.87. The highest BCUT2D eigenvalue weighted by molar-refractivity contribution is 5.66. The van der Waals surface area contributed by atoms with Gasteiger partial charge in [-0.3, -0.25) is 9.48 Å². The average Bonchev–Trinajstić information content (AvgIpc) is 2.77. The van der Waals surface area contributed by atoms with Crippen LogP contribution in [0.25, 0.3) is 0 Å². The van der Waals surface area contributed by atoms with Crippen molar-refractivity contribution in [2.45, 2.75) is 32.2 Å². The van der Waals surface area contributed by atoms with Gasteiger partial charge in [-0.05, 0) is 25.8 Å². The van der Waals surface area contributed by atoms with Crippen LogP contribution >= 0.6 is 0 Å². The summed E-state index contributed by atoms with van der Waals surface area (Å²) in [6, 6.07) is 1.99. The number of hydrogen-bond acceptors (Lipinski definition) is 2. The van der Waals surface area contributed by atoms with E-state index in [-0.39, 0.29) is 6.54 Å². The Balaban J connectivity index is 2.25. The standard InChI is InChI=1S/C9H12N2O2/c1-6-4-8(7-2-3-7)11(10-6)5-9(12)13/h4,7H,2-3,5H2,1H3,(H,12,13). The van der Waals surface area contributed by atoms with Crippen LogP contribution in [-0.4, -0.2) is 20.9 Å². The first kappa shape index (κ1) is 8.29. The predicted molar refractivity (Wildman–Crippen MR) is 46.6 cm³/mol. The number of rotatable bonds is 3. The van der Waals surface area contributed by atoms with E-state index in [4.69, 9.17) is 5.11 Å². The topological polar surface area (TPSA) is 55.1 Å². The molecule has 1 heterocycles. The molecule has 13 heavy (non-hydrogen) atoms. The first-order chi connectivity index (χ1) is 6.16. The molecule has 0 aromatic carbocycles. The van der Waals surface area contributed by atoms with Crippen LogP contribution in [0.1, 0.15) is 30.1 Å². The molecule has 1 N–H and O–H groups in total. The molecule has 0 unspecified atom stereocenters. The Morgan fingerprint density at radius 2 is 2.46 bits per heavy atom. The van der Waals surface area contributed by atoms with Crippen molar-refractivity contribution in [2.75, 3.05) is 0 Å². The van der Waals surface area contributed by atoms with Crippen molar-refractivity contribution in [1.29, 1.82) is 0 Å². The fourth-order valence-corrected chi connectivity index (χ4v) is 1.53. The van der Waals surface area contributed by atoms with E-state index in [0.29, 0.717) is 5.92 Å². The van der Waals surface area contributed by atoms with E-state index in [1.54, 1.807) is 4.68 Å². The van der Waals surface area contributed by atoms with Crippen LogP contribution in [0.4, 0.5) is 0 Å². The number of carboxylic acids is 1. The van der Waals surface area contributed by atoms with Gasteiger partial charge in [-0.1, -0.05) is 0 Å². The van der Waals surface area contributed by atoms with Gasteiger partial charge in [0.05, 0.1) is 5.69 Å². The number of aryl methyl sites for hydroxylation is 1. The summed E-state index contributed by atoms with van der Waals surface area (Å²) in [4.78, 5) is 10.5. The lowest BCUT2D eigenvalue weighted by Crippen LogP contribution is -2.12. The maximum Gasteiger partial charge on any atom is 0.325 e. The summed E-state index contributed by atoms with van der Waals surface area (Å²) in [7, 11) is 0. The van der Waals surface area contributed by atoms with Gasteiger partial charge in [0, 0.05) is 11.6 Å². The van der Waals surface area contributed by atoms with E-state index in [9.17, 15) is 4.79 Å². The zero-order chi connectivity index (χ0) is 9.42. The highest BCUT2D eigenvalue weighted by Gasteiger charge is 2.27. The summed E-state index contributed by atoms with van der Waals surface area (Å²) in [5.74, 6) is -0.273. The Morgan fingerprint density at radius 1 is 1.77 bits per heavy atom. The van der Waals surface area contributed by atoms with Crippen LogP contribution in [0.3, 0.4) is 0 Å². The number of carboxylic acid groups (broad SMARTS) is 1. The molecule has 0 atom stereocenters. The normalized spacial score (nSPS) is 16.1. The molecular formula is C9H12N2O2. The first-order valence-electron chi connectivity index (χ1n) is 4.43. The summed E-state index contributed by atoms with van der Waals surface area (Å²) >= 11 is 0. The van der Waals surface area contributed by atoms with Crippen molar-refractivity contribution in [3.8, 4) is 0 Å². The first-order valence-corrected chi connectivity index (χ1v) is 4.43. The highest BCUT2D eigenvalue weighted by Crippen LogP contribution is 2.40. The zero-order valence-electron chi connectivity index (χ0n) is 7.53. The largest absolute Gasteiger partial charge is 0.480 e. The van der Waals surface area contributed by atoms with E-state index in [0.717, 1.165) is 11.4 Å². The maximum atomic E-state index is 10.5. The van der Waals surface area contributed by atoms with Crippen LogP contribution < -0.4 is 0 Å². The van der Waals surface area contributed by atoms with E-state index in [1.807, 2.05) is 13.0 Å². The van der Waals surface area contributed by atoms with Gasteiger partial charge < -0.3 is 5.11 Å². The second-order valence-electron chi connectivity index (χ2n) is 3.54. The van der Waals surface area contributed by atoms with Crippen LogP contribution in [-0.2, 0) is 11.3 Å². The number of nitrogens with zero attached hydrogens (tertiary/aromatic N) is 2. The van der Waals surface area contributed by atoms with Crippen molar-refractivity contribution in [3.63, 3.8) is 0 Å². The minimum Gasteiger partial charge on any atom is -0.480 e. The Kier molecular flexibility index (Phi) is 1.83. The summed E-state index contributed by atoms with van der Waals surface area (Å²) in [5.41, 5.74) is 1.99. The van der Waals surface area contributed by atoms with E-state index < -0.39 is 5.97 Å². The van der Waals surface area contributed by atoms with E-state index >= 15 is 0 Å². The van der Waals surface area contributed by atoms with Gasteiger partial charge in [0.1, 0.15) is 6.54 Å². The SMILES string of the molecule is Cc1cc(C2CC2)n(CC(=O)O)n1. The average molecular weight is 180 g/mol. The van der Waals surface area contributed by atoms with Gasteiger partial charge in [-0.25, -0.2) is 0 Å². The van der Waals surface area contributed by atoms with Crippen LogP contribution in [0.15, 0.2) is 6.07 Å². The van der Waals surface area contributed by atoms with Crippen LogP contribution in [0.5, 0.6) is 0 Å². The van der Waals surface area contributed by atoms with Gasteiger partial charge in [-0.2, -0.15) is 5.10 Å². The molecule has 0 radical (unpaired) electrons. The Bertz CT molecular complexity index is 339. The summed E-state index contributed by atoms with van der Waals surface area (Å²) < 4.78 is 1.61. The fraction of sp³-hybridized carbons (Fsp3) is 0.556. The van der Waals surface area contributed by atoms with Crippen molar-refractivity contribution in [1.82, 2.24) is 9.78 Å². The summed E-state index contributed by atoms with van der Waals surface area (Å²) in [5, 5.41) is 12.8. The fourth-order valence-electron chi connectivity index (χ4n) is 1.53. The van der Waals surface area contributed by atoms with Gasteiger partial charge in [0.15, 0.2) is 0 Å². The molecule has 1 fully saturated rings. The molecule has 0 spiro atoms. The monoisotopic (exact) mass is 180 g/mol. The molecule has 0 bridgehead atoms. The summed E-state index contributed by atoms with van der Waals surface area (Å²) in [6.07, 6.45) is 2.34. The van der Waals surface area contributed by atoms with E-state index in [2.05, 4.69) is 5.10 Å². The lowest BCUT2D eigenvalue weighted by atomic mass is 10.3. The van der Waals surface area contributed by atoms with Gasteiger partial charge >= 0.3 is 5.97 Å². The number of carbonyl (C=O) groups is 1. The molecule has 0 amide bonds. The molecule has 4 nitrogen and oxygen atoms in total. The minimum absolute atomic E-state index is 0.0142. The molecule has 1 aromatic heterocycles. The summed E-state index contributed by atoms with van der Waals surface area (Å²) in [6.45, 7) is 1.88. The molecule has 4 heteroatoms. The van der Waals surface area contributed by atoms with Crippen LogP contribution in [0, 0.1) is 6.92 Å². The van der Waals surface area contributed by atoms with E-state index in [1.165, 1.54) is 12.8 Å². The minimum atomic E-state index is -0.829. The second-order valence-corrected chi connectivity index (χ2v) is 3.54. The predicted octanol–water partition coefficient (Wildman–Crippen LogP) is 1.15. The molecule has 1 aliphatic rings. The van der Waals surface area contributed by atoms with Gasteiger partial charge in [0.2, 0.25) is 0 Å². The van der Waals surface area contributed by atoms with Crippen molar-refractivity contribution in [2.24, 2.45) is 0 Å². The molecular weight excluding hydrogens is 168 g/mol. The third-order valence-electron chi connectivity index (χ3n) is 2.21. The zero-order valence-corrected chi connectivity index (χ0v) is 7.53. The lowest BCUT2D eigenvalue weighted by molar-refractivity contribution is -0.137. The molecule has 0 aliphatic heterocycles. The number of aliphatic carboxylic acids is 1. The molecule has 1 aliphatic carbocycles.